The van der Waals surface area contributed by atoms with Gasteiger partial charge >= 0.3 is 0 Å². The number of hydrogen-bond acceptors (Lipinski definition) is 3. The maximum Gasteiger partial charge on any atom is 0.252 e. The van der Waals surface area contributed by atoms with E-state index >= 15 is 0 Å². The minimum absolute atomic E-state index is 0.0919. The van der Waals surface area contributed by atoms with E-state index in [2.05, 4.69) is 10.6 Å². The van der Waals surface area contributed by atoms with Crippen molar-refractivity contribution in [2.24, 2.45) is 5.92 Å². The van der Waals surface area contributed by atoms with Crippen LogP contribution >= 0.6 is 0 Å². The number of carbonyl (C=O) groups is 1. The smallest absolute Gasteiger partial charge is 0.252 e. The Morgan fingerprint density at radius 1 is 1.18 bits per heavy atom. The van der Waals surface area contributed by atoms with Crippen LogP contribution in [0.3, 0.4) is 0 Å². The van der Waals surface area contributed by atoms with Crippen molar-refractivity contribution in [3.63, 3.8) is 0 Å². The lowest BCUT2D eigenvalue weighted by atomic mass is 9.85. The van der Waals surface area contributed by atoms with E-state index in [0.717, 1.165) is 25.7 Å². The van der Waals surface area contributed by atoms with Gasteiger partial charge in [-0.2, -0.15) is 0 Å². The summed E-state index contributed by atoms with van der Waals surface area (Å²) in [5.41, 5.74) is 1.42. The molecule has 0 bridgehead atoms. The Labute approximate surface area is 163 Å². The molecule has 28 heavy (non-hydrogen) atoms. The average molecular weight is 396 g/mol. The van der Waals surface area contributed by atoms with Gasteiger partial charge in [0.15, 0.2) is 0 Å². The van der Waals surface area contributed by atoms with Crippen LogP contribution in [0.25, 0.3) is 0 Å². The molecule has 2 fully saturated rings. The van der Waals surface area contributed by atoms with Crippen molar-refractivity contribution in [1.82, 2.24) is 10.6 Å². The second kappa shape index (κ2) is 8.41. The SMILES string of the molecule is O=C1NCc2c1ccc(C[C@H]1OCCC[C@@H]1NC1CCC(C(F)F)CC1)c2F. The summed E-state index contributed by atoms with van der Waals surface area (Å²) in [6.45, 7) is 0.877. The standard InChI is InChI=1S/C21H27F3N2O2/c22-19-13(5-8-15-16(19)11-25-21(15)27)10-18-17(2-1-9-28-18)26-14-6-3-12(4-7-14)20(23)24/h5,8,12,14,17-18,20,26H,1-4,6-7,9-11H2,(H,25,27)/t12?,14?,17-,18+/m0/s1. The van der Waals surface area contributed by atoms with E-state index in [4.69, 9.17) is 4.74 Å². The van der Waals surface area contributed by atoms with Gasteiger partial charge in [-0.1, -0.05) is 6.07 Å². The lowest BCUT2D eigenvalue weighted by Gasteiger charge is -2.37. The van der Waals surface area contributed by atoms with Crippen LogP contribution < -0.4 is 10.6 Å². The van der Waals surface area contributed by atoms with Gasteiger partial charge in [-0.25, -0.2) is 13.2 Å². The van der Waals surface area contributed by atoms with E-state index in [9.17, 15) is 18.0 Å². The van der Waals surface area contributed by atoms with Crippen LogP contribution in [0.5, 0.6) is 0 Å². The molecule has 0 spiro atoms. The molecule has 2 atom stereocenters. The number of amides is 1. The normalized spacial score (nSPS) is 30.4. The minimum atomic E-state index is -2.23. The third-order valence-corrected chi connectivity index (χ3v) is 6.43. The molecule has 1 aliphatic carbocycles. The van der Waals surface area contributed by atoms with Crippen LogP contribution in [0.4, 0.5) is 13.2 Å². The van der Waals surface area contributed by atoms with Crippen LogP contribution in [0.2, 0.25) is 0 Å². The third-order valence-electron chi connectivity index (χ3n) is 6.43. The molecule has 1 amide bonds. The molecule has 2 N–H and O–H groups in total. The molecule has 0 radical (unpaired) electrons. The molecular formula is C21H27F3N2O2. The van der Waals surface area contributed by atoms with Crippen molar-refractivity contribution in [3.8, 4) is 0 Å². The predicted molar refractivity (Wildman–Crippen MR) is 98.9 cm³/mol. The summed E-state index contributed by atoms with van der Waals surface area (Å²) >= 11 is 0. The molecule has 4 nitrogen and oxygen atoms in total. The molecule has 1 aromatic carbocycles. The summed E-state index contributed by atoms with van der Waals surface area (Å²) in [4.78, 5) is 11.7. The number of fused-ring (bicyclic) bond motifs is 1. The summed E-state index contributed by atoms with van der Waals surface area (Å²) in [5.74, 6) is -1.03. The molecule has 154 valence electrons. The van der Waals surface area contributed by atoms with Crippen LogP contribution in [0.15, 0.2) is 12.1 Å². The van der Waals surface area contributed by atoms with E-state index < -0.39 is 12.3 Å². The number of rotatable bonds is 5. The van der Waals surface area contributed by atoms with Gasteiger partial charge in [0.1, 0.15) is 5.82 Å². The molecule has 0 unspecified atom stereocenters. The zero-order valence-electron chi connectivity index (χ0n) is 15.9. The van der Waals surface area contributed by atoms with E-state index in [-0.39, 0.29) is 36.5 Å². The fourth-order valence-electron chi connectivity index (χ4n) is 4.77. The van der Waals surface area contributed by atoms with Gasteiger partial charge in [-0.15, -0.1) is 0 Å². The number of nitrogens with one attached hydrogen (secondary N) is 2. The zero-order valence-corrected chi connectivity index (χ0v) is 15.9. The molecule has 0 aromatic heterocycles. The molecular weight excluding hydrogens is 369 g/mol. The maximum absolute atomic E-state index is 14.9. The van der Waals surface area contributed by atoms with Crippen LogP contribution in [0.1, 0.15) is 60.0 Å². The molecule has 2 heterocycles. The predicted octanol–water partition coefficient (Wildman–Crippen LogP) is 3.57. The van der Waals surface area contributed by atoms with Crippen molar-refractivity contribution in [1.29, 1.82) is 0 Å². The number of hydrogen-bond donors (Lipinski definition) is 2. The number of halogens is 3. The van der Waals surface area contributed by atoms with Gasteiger partial charge in [0.25, 0.3) is 5.91 Å². The first kappa shape index (κ1) is 19.7. The number of carbonyl (C=O) groups excluding carboxylic acids is 1. The van der Waals surface area contributed by atoms with Crippen molar-refractivity contribution in [2.75, 3.05) is 6.61 Å². The highest BCUT2D eigenvalue weighted by atomic mass is 19.3. The van der Waals surface area contributed by atoms with Crippen LogP contribution in [0, 0.1) is 11.7 Å². The number of ether oxygens (including phenoxy) is 1. The lowest BCUT2D eigenvalue weighted by Crippen LogP contribution is -2.50. The summed E-state index contributed by atoms with van der Waals surface area (Å²) in [6.07, 6.45) is 2.53. The van der Waals surface area contributed by atoms with Crippen molar-refractivity contribution in [2.45, 2.75) is 76.1 Å². The van der Waals surface area contributed by atoms with E-state index in [1.165, 1.54) is 0 Å². The summed E-state index contributed by atoms with van der Waals surface area (Å²) < 4.78 is 46.6. The molecule has 1 saturated heterocycles. The van der Waals surface area contributed by atoms with E-state index in [0.29, 0.717) is 42.6 Å². The van der Waals surface area contributed by atoms with Gasteiger partial charge in [0.05, 0.1) is 6.10 Å². The maximum atomic E-state index is 14.9. The zero-order chi connectivity index (χ0) is 19.7. The topological polar surface area (TPSA) is 50.4 Å². The van der Waals surface area contributed by atoms with Crippen molar-refractivity contribution < 1.29 is 22.7 Å². The van der Waals surface area contributed by atoms with Crippen LogP contribution in [-0.4, -0.2) is 37.1 Å². The molecule has 2 aliphatic heterocycles. The molecule has 3 aliphatic rings. The number of benzene rings is 1. The quantitative estimate of drug-likeness (QED) is 0.800. The first-order valence-electron chi connectivity index (χ1n) is 10.3. The molecule has 4 rings (SSSR count). The molecule has 1 aromatic rings. The highest BCUT2D eigenvalue weighted by Crippen LogP contribution is 2.31. The average Bonchev–Trinajstić information content (AvgIpc) is 3.07. The Morgan fingerprint density at radius 2 is 1.96 bits per heavy atom. The second-order valence-corrected chi connectivity index (χ2v) is 8.22. The third kappa shape index (κ3) is 4.06. The highest BCUT2D eigenvalue weighted by Gasteiger charge is 2.33. The monoisotopic (exact) mass is 396 g/mol. The van der Waals surface area contributed by atoms with E-state index in [1.54, 1.807) is 12.1 Å². The van der Waals surface area contributed by atoms with Crippen molar-refractivity contribution in [3.05, 3.63) is 34.6 Å². The molecule has 1 saturated carbocycles. The van der Waals surface area contributed by atoms with Gasteiger partial charge in [0, 0.05) is 48.7 Å². The Hall–Kier alpha value is -1.60. The molecule has 7 heteroatoms. The summed E-state index contributed by atoms with van der Waals surface area (Å²) in [6, 6.07) is 3.68. The Bertz CT molecular complexity index is 720. The summed E-state index contributed by atoms with van der Waals surface area (Å²) in [5, 5.41) is 6.26. The van der Waals surface area contributed by atoms with Gasteiger partial charge in [0.2, 0.25) is 6.43 Å². The fourth-order valence-corrected chi connectivity index (χ4v) is 4.77. The fraction of sp³-hybridized carbons (Fsp3) is 0.667. The Kier molecular flexibility index (Phi) is 5.92. The van der Waals surface area contributed by atoms with Gasteiger partial charge in [-0.3, -0.25) is 4.79 Å². The Morgan fingerprint density at radius 3 is 2.71 bits per heavy atom. The van der Waals surface area contributed by atoms with Crippen molar-refractivity contribution >= 4 is 5.91 Å². The van der Waals surface area contributed by atoms with Crippen LogP contribution in [-0.2, 0) is 17.7 Å². The summed E-state index contributed by atoms with van der Waals surface area (Å²) in [7, 11) is 0. The lowest BCUT2D eigenvalue weighted by molar-refractivity contribution is -0.0159. The van der Waals surface area contributed by atoms with Gasteiger partial charge < -0.3 is 15.4 Å². The van der Waals surface area contributed by atoms with E-state index in [1.807, 2.05) is 0 Å². The number of alkyl halides is 2. The first-order valence-corrected chi connectivity index (χ1v) is 10.3. The minimum Gasteiger partial charge on any atom is -0.376 e. The van der Waals surface area contributed by atoms with Gasteiger partial charge in [-0.05, 0) is 50.2 Å². The largest absolute Gasteiger partial charge is 0.376 e. The highest BCUT2D eigenvalue weighted by molar-refractivity contribution is 5.98. The first-order chi connectivity index (χ1) is 13.5. The Balaban J connectivity index is 1.40. The second-order valence-electron chi connectivity index (χ2n) is 8.22.